The van der Waals surface area contributed by atoms with E-state index in [0.717, 1.165) is 0 Å². The van der Waals surface area contributed by atoms with E-state index in [0.29, 0.717) is 12.2 Å². The van der Waals surface area contributed by atoms with Gasteiger partial charge in [-0.15, -0.1) is 0 Å². The minimum absolute atomic E-state index is 0.128. The lowest BCUT2D eigenvalue weighted by atomic mass is 10.1. The molecule has 2 amide bonds. The Labute approximate surface area is 117 Å². The molecule has 0 aromatic heterocycles. The number of aryl methyl sites for hydroxylation is 1. The van der Waals surface area contributed by atoms with E-state index in [-0.39, 0.29) is 23.6 Å². The summed E-state index contributed by atoms with van der Waals surface area (Å²) in [4.78, 5) is 24.7. The molecule has 0 saturated heterocycles. The van der Waals surface area contributed by atoms with E-state index >= 15 is 0 Å². The van der Waals surface area contributed by atoms with Crippen LogP contribution in [0.2, 0.25) is 0 Å². The number of hydrogen-bond donors (Lipinski definition) is 2. The fourth-order valence-corrected chi connectivity index (χ4v) is 1.97. The molecule has 0 spiro atoms. The van der Waals surface area contributed by atoms with Crippen LogP contribution in [0.4, 0.5) is 10.1 Å². The second-order valence-electron chi connectivity index (χ2n) is 5.25. The molecule has 1 aromatic rings. The zero-order valence-electron chi connectivity index (χ0n) is 11.9. The highest BCUT2D eigenvalue weighted by atomic mass is 19.1. The van der Waals surface area contributed by atoms with Crippen LogP contribution in [0.1, 0.15) is 29.8 Å². The number of nitrogens with zero attached hydrogens (tertiary/aromatic N) is 1. The number of carbonyl (C=O) groups excluding carboxylic acids is 2. The van der Waals surface area contributed by atoms with Crippen molar-refractivity contribution in [3.63, 3.8) is 0 Å². The van der Waals surface area contributed by atoms with Gasteiger partial charge in [-0.05, 0) is 30.5 Å². The van der Waals surface area contributed by atoms with Gasteiger partial charge in [-0.25, -0.2) is 4.39 Å². The van der Waals surface area contributed by atoms with Crippen molar-refractivity contribution in [2.75, 3.05) is 18.8 Å². The van der Waals surface area contributed by atoms with Gasteiger partial charge < -0.3 is 16.4 Å². The van der Waals surface area contributed by atoms with Gasteiger partial charge in [0.05, 0.1) is 12.1 Å². The van der Waals surface area contributed by atoms with Crippen LogP contribution in [0.25, 0.3) is 0 Å². The van der Waals surface area contributed by atoms with Gasteiger partial charge in [0, 0.05) is 12.2 Å². The maximum atomic E-state index is 14.0. The van der Waals surface area contributed by atoms with E-state index in [1.807, 2.05) is 13.8 Å². The molecule has 0 fully saturated rings. The molecule has 0 unspecified atom stereocenters. The molecule has 5 nitrogen and oxygen atoms in total. The first-order chi connectivity index (χ1) is 9.22. The highest BCUT2D eigenvalue weighted by Gasteiger charge is 2.22. The first-order valence-electron chi connectivity index (χ1n) is 6.35. The third-order valence-corrected chi connectivity index (χ3v) is 2.73. The average molecular weight is 281 g/mol. The van der Waals surface area contributed by atoms with Crippen molar-refractivity contribution in [2.24, 2.45) is 11.7 Å². The summed E-state index contributed by atoms with van der Waals surface area (Å²) < 4.78 is 14.0. The van der Waals surface area contributed by atoms with Crippen molar-refractivity contribution < 1.29 is 14.0 Å². The van der Waals surface area contributed by atoms with Crippen molar-refractivity contribution in [1.82, 2.24) is 4.90 Å². The van der Waals surface area contributed by atoms with Crippen molar-refractivity contribution in [2.45, 2.75) is 20.8 Å². The number of amides is 2. The van der Waals surface area contributed by atoms with Gasteiger partial charge >= 0.3 is 0 Å². The molecule has 1 aromatic carbocycles. The molecule has 110 valence electrons. The predicted molar refractivity (Wildman–Crippen MR) is 75.5 cm³/mol. The Morgan fingerprint density at radius 1 is 1.35 bits per heavy atom. The van der Waals surface area contributed by atoms with Crippen LogP contribution in [-0.4, -0.2) is 29.8 Å². The lowest BCUT2D eigenvalue weighted by molar-refractivity contribution is -0.118. The van der Waals surface area contributed by atoms with Crippen LogP contribution < -0.4 is 11.5 Å². The molecule has 0 atom stereocenters. The second-order valence-corrected chi connectivity index (χ2v) is 5.25. The molecule has 0 bridgehead atoms. The quantitative estimate of drug-likeness (QED) is 0.797. The van der Waals surface area contributed by atoms with E-state index in [1.54, 1.807) is 0 Å². The smallest absolute Gasteiger partial charge is 0.257 e. The number of nitrogen functional groups attached to an aromatic ring is 1. The molecule has 4 N–H and O–H groups in total. The van der Waals surface area contributed by atoms with Crippen LogP contribution >= 0.6 is 0 Å². The first kappa shape index (κ1) is 15.9. The van der Waals surface area contributed by atoms with Gasteiger partial charge in [0.15, 0.2) is 0 Å². The molecule has 0 aliphatic carbocycles. The summed E-state index contributed by atoms with van der Waals surface area (Å²) in [5.41, 5.74) is 11.2. The normalized spacial score (nSPS) is 10.7. The third kappa shape index (κ3) is 3.94. The van der Waals surface area contributed by atoms with Gasteiger partial charge in [0.25, 0.3) is 5.91 Å². The summed E-state index contributed by atoms with van der Waals surface area (Å²) in [5, 5.41) is 0. The molecule has 1 rings (SSSR count). The maximum absolute atomic E-state index is 14.0. The SMILES string of the molecule is Cc1cc(N)cc(C(=O)N(CC(N)=O)CC(C)C)c1F. The Morgan fingerprint density at radius 3 is 2.45 bits per heavy atom. The van der Waals surface area contributed by atoms with E-state index in [9.17, 15) is 14.0 Å². The van der Waals surface area contributed by atoms with Crippen LogP contribution in [0.5, 0.6) is 0 Å². The zero-order chi connectivity index (χ0) is 15.4. The number of nitrogens with two attached hydrogens (primary N) is 2. The van der Waals surface area contributed by atoms with Crippen LogP contribution in [0.3, 0.4) is 0 Å². The summed E-state index contributed by atoms with van der Waals surface area (Å²) in [6.45, 7) is 5.38. The largest absolute Gasteiger partial charge is 0.399 e. The Balaban J connectivity index is 3.14. The topological polar surface area (TPSA) is 89.4 Å². The van der Waals surface area contributed by atoms with Crippen LogP contribution in [-0.2, 0) is 4.79 Å². The molecule has 0 aliphatic rings. The summed E-state index contributed by atoms with van der Waals surface area (Å²) in [5.74, 6) is -1.71. The molecule has 0 heterocycles. The molecule has 6 heteroatoms. The average Bonchev–Trinajstić information content (AvgIpc) is 2.30. The van der Waals surface area contributed by atoms with Crippen molar-refractivity contribution in [1.29, 1.82) is 0 Å². The minimum Gasteiger partial charge on any atom is -0.399 e. The van der Waals surface area contributed by atoms with Crippen molar-refractivity contribution in [3.05, 3.63) is 29.1 Å². The van der Waals surface area contributed by atoms with Gasteiger partial charge in [-0.1, -0.05) is 13.8 Å². The Bertz CT molecular complexity index is 529. The monoisotopic (exact) mass is 281 g/mol. The van der Waals surface area contributed by atoms with E-state index in [1.165, 1.54) is 24.0 Å². The maximum Gasteiger partial charge on any atom is 0.257 e. The van der Waals surface area contributed by atoms with Gasteiger partial charge in [-0.3, -0.25) is 9.59 Å². The lowest BCUT2D eigenvalue weighted by Gasteiger charge is -2.23. The molecular weight excluding hydrogens is 261 g/mol. The summed E-state index contributed by atoms with van der Waals surface area (Å²) >= 11 is 0. The number of primary amides is 1. The third-order valence-electron chi connectivity index (χ3n) is 2.73. The summed E-state index contributed by atoms with van der Waals surface area (Å²) in [6.07, 6.45) is 0. The summed E-state index contributed by atoms with van der Waals surface area (Å²) in [7, 11) is 0. The fourth-order valence-electron chi connectivity index (χ4n) is 1.97. The lowest BCUT2D eigenvalue weighted by Crippen LogP contribution is -2.41. The fraction of sp³-hybridized carbons (Fsp3) is 0.429. The van der Waals surface area contributed by atoms with E-state index in [2.05, 4.69) is 0 Å². The van der Waals surface area contributed by atoms with Crippen LogP contribution in [0.15, 0.2) is 12.1 Å². The van der Waals surface area contributed by atoms with E-state index < -0.39 is 17.6 Å². The van der Waals surface area contributed by atoms with E-state index in [4.69, 9.17) is 11.5 Å². The Morgan fingerprint density at radius 2 is 1.95 bits per heavy atom. The highest BCUT2D eigenvalue weighted by molar-refractivity contribution is 5.97. The van der Waals surface area contributed by atoms with Gasteiger partial charge in [0.1, 0.15) is 5.82 Å². The first-order valence-corrected chi connectivity index (χ1v) is 6.35. The Kier molecular flexibility index (Phi) is 5.07. The predicted octanol–water partition coefficient (Wildman–Crippen LogP) is 1.30. The Hall–Kier alpha value is -2.11. The number of anilines is 1. The number of hydrogen-bond acceptors (Lipinski definition) is 3. The minimum atomic E-state index is -0.639. The molecule has 0 saturated carbocycles. The van der Waals surface area contributed by atoms with Gasteiger partial charge in [-0.2, -0.15) is 0 Å². The van der Waals surface area contributed by atoms with Crippen molar-refractivity contribution in [3.8, 4) is 0 Å². The van der Waals surface area contributed by atoms with Crippen molar-refractivity contribution >= 4 is 17.5 Å². The molecule has 20 heavy (non-hydrogen) atoms. The van der Waals surface area contributed by atoms with Gasteiger partial charge in [0.2, 0.25) is 5.91 Å². The highest BCUT2D eigenvalue weighted by Crippen LogP contribution is 2.19. The molecular formula is C14H20FN3O2. The standard InChI is InChI=1S/C14H20FN3O2/c1-8(2)6-18(7-12(17)19)14(20)11-5-10(16)4-9(3)13(11)15/h4-5,8H,6-7,16H2,1-3H3,(H2,17,19). The molecule has 0 aliphatic heterocycles. The van der Waals surface area contributed by atoms with Crippen LogP contribution in [0, 0.1) is 18.7 Å². The number of carbonyl (C=O) groups is 2. The molecule has 0 radical (unpaired) electrons. The second kappa shape index (κ2) is 6.36. The number of benzene rings is 1. The number of halogens is 1. The zero-order valence-corrected chi connectivity index (χ0v) is 11.9. The number of rotatable bonds is 5. The summed E-state index contributed by atoms with van der Waals surface area (Å²) in [6, 6.07) is 2.73.